The molecule has 0 radical (unpaired) electrons. The van der Waals surface area contributed by atoms with E-state index in [1.165, 1.54) is 23.5 Å². The van der Waals surface area contributed by atoms with Crippen molar-refractivity contribution in [1.82, 2.24) is 4.98 Å². The fourth-order valence-electron chi connectivity index (χ4n) is 1.34. The highest BCUT2D eigenvalue weighted by Crippen LogP contribution is 2.29. The Labute approximate surface area is 95.7 Å². The standard InChI is InChI=1S/C10H9N3O2S/c1-6-2-3-9(16-6)8-4-7(13(14)15)5-10(11)12-8/h2-5H,1H3,(H2,11,12). The summed E-state index contributed by atoms with van der Waals surface area (Å²) in [5.74, 6) is 0.162. The molecule has 0 saturated carbocycles. The monoisotopic (exact) mass is 235 g/mol. The van der Waals surface area contributed by atoms with Crippen molar-refractivity contribution in [3.05, 3.63) is 39.3 Å². The number of pyridine rings is 1. The second-order valence-corrected chi connectivity index (χ2v) is 4.59. The van der Waals surface area contributed by atoms with Gasteiger partial charge in [0.15, 0.2) is 0 Å². The van der Waals surface area contributed by atoms with Crippen molar-refractivity contribution in [1.29, 1.82) is 0 Å². The van der Waals surface area contributed by atoms with Crippen LogP contribution in [-0.4, -0.2) is 9.91 Å². The Kier molecular flexibility index (Phi) is 2.57. The topological polar surface area (TPSA) is 82.0 Å². The minimum Gasteiger partial charge on any atom is -0.383 e. The summed E-state index contributed by atoms with van der Waals surface area (Å²) in [6.07, 6.45) is 0. The van der Waals surface area contributed by atoms with Gasteiger partial charge in [0.1, 0.15) is 5.82 Å². The molecular formula is C10H9N3O2S. The normalized spacial score (nSPS) is 10.3. The van der Waals surface area contributed by atoms with Crippen molar-refractivity contribution >= 4 is 22.8 Å². The molecule has 0 aliphatic rings. The Hall–Kier alpha value is -1.95. The average molecular weight is 235 g/mol. The van der Waals surface area contributed by atoms with Gasteiger partial charge in [-0.2, -0.15) is 0 Å². The zero-order valence-corrected chi connectivity index (χ0v) is 9.32. The molecular weight excluding hydrogens is 226 g/mol. The van der Waals surface area contributed by atoms with E-state index in [1.54, 1.807) is 0 Å². The van der Waals surface area contributed by atoms with E-state index in [0.717, 1.165) is 9.75 Å². The molecule has 6 heteroatoms. The molecule has 2 heterocycles. The maximum atomic E-state index is 10.7. The highest BCUT2D eigenvalue weighted by atomic mass is 32.1. The van der Waals surface area contributed by atoms with Crippen LogP contribution in [0.4, 0.5) is 11.5 Å². The van der Waals surface area contributed by atoms with Crippen LogP contribution in [0.1, 0.15) is 4.88 Å². The fourth-order valence-corrected chi connectivity index (χ4v) is 2.17. The summed E-state index contributed by atoms with van der Waals surface area (Å²) in [4.78, 5) is 16.3. The number of nitrogens with zero attached hydrogens (tertiary/aromatic N) is 2. The first-order valence-corrected chi connectivity index (χ1v) is 5.36. The van der Waals surface area contributed by atoms with Gasteiger partial charge in [-0.25, -0.2) is 4.98 Å². The summed E-state index contributed by atoms with van der Waals surface area (Å²) < 4.78 is 0. The molecule has 2 rings (SSSR count). The Morgan fingerprint density at radius 3 is 2.75 bits per heavy atom. The highest BCUT2D eigenvalue weighted by Gasteiger charge is 2.11. The second kappa shape index (κ2) is 3.90. The van der Waals surface area contributed by atoms with Crippen LogP contribution in [0.25, 0.3) is 10.6 Å². The number of rotatable bonds is 2. The van der Waals surface area contributed by atoms with Crippen LogP contribution in [-0.2, 0) is 0 Å². The third-order valence-corrected chi connectivity index (χ3v) is 3.06. The van der Waals surface area contributed by atoms with Gasteiger partial charge in [0.2, 0.25) is 0 Å². The van der Waals surface area contributed by atoms with Gasteiger partial charge >= 0.3 is 0 Å². The van der Waals surface area contributed by atoms with Crippen molar-refractivity contribution in [2.45, 2.75) is 6.92 Å². The van der Waals surface area contributed by atoms with E-state index in [2.05, 4.69) is 4.98 Å². The lowest BCUT2D eigenvalue weighted by Crippen LogP contribution is -1.95. The molecule has 16 heavy (non-hydrogen) atoms. The molecule has 5 nitrogen and oxygen atoms in total. The largest absolute Gasteiger partial charge is 0.383 e. The summed E-state index contributed by atoms with van der Waals surface area (Å²) in [7, 11) is 0. The molecule has 0 atom stereocenters. The molecule has 82 valence electrons. The molecule has 0 amide bonds. The van der Waals surface area contributed by atoms with E-state index in [0.29, 0.717) is 5.69 Å². The molecule has 0 aliphatic heterocycles. The Morgan fingerprint density at radius 1 is 1.44 bits per heavy atom. The Bertz CT molecular complexity index is 551. The summed E-state index contributed by atoms with van der Waals surface area (Å²) >= 11 is 1.53. The van der Waals surface area contributed by atoms with Crippen LogP contribution in [0.15, 0.2) is 24.3 Å². The number of nitrogen functional groups attached to an aromatic ring is 1. The number of thiophene rings is 1. The first-order valence-electron chi connectivity index (χ1n) is 4.55. The van der Waals surface area contributed by atoms with Gasteiger partial charge in [-0.1, -0.05) is 0 Å². The number of nitro groups is 1. The number of hydrogen-bond acceptors (Lipinski definition) is 5. The van der Waals surface area contributed by atoms with Gasteiger partial charge in [-0.05, 0) is 19.1 Å². The molecule has 0 fully saturated rings. The second-order valence-electron chi connectivity index (χ2n) is 3.30. The molecule has 2 aromatic rings. The summed E-state index contributed by atoms with van der Waals surface area (Å²) in [5, 5.41) is 10.7. The van der Waals surface area contributed by atoms with Gasteiger partial charge in [0.05, 0.1) is 21.6 Å². The van der Waals surface area contributed by atoms with Crippen LogP contribution in [0.5, 0.6) is 0 Å². The van der Waals surface area contributed by atoms with Crippen molar-refractivity contribution in [3.63, 3.8) is 0 Å². The predicted octanol–water partition coefficient (Wildman–Crippen LogP) is 2.61. The smallest absolute Gasteiger partial charge is 0.275 e. The van der Waals surface area contributed by atoms with E-state index in [-0.39, 0.29) is 11.5 Å². The van der Waals surface area contributed by atoms with Gasteiger partial charge in [0.25, 0.3) is 5.69 Å². The summed E-state index contributed by atoms with van der Waals surface area (Å²) in [6, 6.07) is 6.51. The van der Waals surface area contributed by atoms with Crippen molar-refractivity contribution < 1.29 is 4.92 Å². The Balaban J connectivity index is 2.53. The quantitative estimate of drug-likeness (QED) is 0.640. The zero-order chi connectivity index (χ0) is 11.7. The fraction of sp³-hybridized carbons (Fsp3) is 0.100. The van der Waals surface area contributed by atoms with Gasteiger partial charge in [-0.15, -0.1) is 11.3 Å². The van der Waals surface area contributed by atoms with E-state index >= 15 is 0 Å². The lowest BCUT2D eigenvalue weighted by Gasteiger charge is -1.99. The van der Waals surface area contributed by atoms with Crippen molar-refractivity contribution in [2.75, 3.05) is 5.73 Å². The van der Waals surface area contributed by atoms with Crippen molar-refractivity contribution in [2.24, 2.45) is 0 Å². The number of hydrogen-bond donors (Lipinski definition) is 1. The van der Waals surface area contributed by atoms with Crippen LogP contribution in [0.3, 0.4) is 0 Å². The zero-order valence-electron chi connectivity index (χ0n) is 8.51. The maximum Gasteiger partial charge on any atom is 0.275 e. The van der Waals surface area contributed by atoms with Crippen LogP contribution in [0, 0.1) is 17.0 Å². The molecule has 2 N–H and O–H groups in total. The number of nitrogens with two attached hydrogens (primary N) is 1. The van der Waals surface area contributed by atoms with Crippen LogP contribution < -0.4 is 5.73 Å². The molecule has 0 unspecified atom stereocenters. The highest BCUT2D eigenvalue weighted by molar-refractivity contribution is 7.15. The third-order valence-electron chi connectivity index (χ3n) is 2.03. The molecule has 0 spiro atoms. The van der Waals surface area contributed by atoms with E-state index in [9.17, 15) is 10.1 Å². The van der Waals surface area contributed by atoms with Crippen LogP contribution >= 0.6 is 11.3 Å². The van der Waals surface area contributed by atoms with E-state index in [1.807, 2.05) is 19.1 Å². The Morgan fingerprint density at radius 2 is 2.19 bits per heavy atom. The first kappa shape index (κ1) is 10.6. The van der Waals surface area contributed by atoms with Gasteiger partial charge in [-0.3, -0.25) is 10.1 Å². The SMILES string of the molecule is Cc1ccc(-c2cc([N+](=O)[O-])cc(N)n2)s1. The predicted molar refractivity (Wildman–Crippen MR) is 63.4 cm³/mol. The van der Waals surface area contributed by atoms with E-state index < -0.39 is 4.92 Å². The van der Waals surface area contributed by atoms with Crippen LogP contribution in [0.2, 0.25) is 0 Å². The van der Waals surface area contributed by atoms with Gasteiger partial charge < -0.3 is 5.73 Å². The minimum absolute atomic E-state index is 0.0337. The molecule has 0 bridgehead atoms. The average Bonchev–Trinajstić information content (AvgIpc) is 2.64. The molecule has 0 saturated heterocycles. The molecule has 0 aliphatic carbocycles. The number of aromatic nitrogens is 1. The maximum absolute atomic E-state index is 10.7. The minimum atomic E-state index is -0.470. The van der Waals surface area contributed by atoms with Crippen molar-refractivity contribution in [3.8, 4) is 10.6 Å². The summed E-state index contributed by atoms with van der Waals surface area (Å²) in [5.41, 5.74) is 6.04. The molecule has 2 aromatic heterocycles. The van der Waals surface area contributed by atoms with Gasteiger partial charge in [0, 0.05) is 10.9 Å². The van der Waals surface area contributed by atoms with E-state index in [4.69, 9.17) is 5.73 Å². The number of anilines is 1. The first-order chi connectivity index (χ1) is 7.56. The third kappa shape index (κ3) is 2.01. The summed E-state index contributed by atoms with van der Waals surface area (Å²) in [6.45, 7) is 1.97. The lowest BCUT2D eigenvalue weighted by atomic mass is 10.2. The lowest BCUT2D eigenvalue weighted by molar-refractivity contribution is -0.384. The molecule has 0 aromatic carbocycles. The number of aryl methyl sites for hydroxylation is 1.